The molecule has 18 heteroatoms. The molecule has 1 N–H and O–H groups in total. The molecule has 0 radical (unpaired) electrons. The van der Waals surface area contributed by atoms with Crippen molar-refractivity contribution in [1.82, 2.24) is 29.3 Å². The van der Waals surface area contributed by atoms with Gasteiger partial charge in [0.1, 0.15) is 18.8 Å². The number of rotatable bonds is 12. The Bertz CT molecular complexity index is 1760. The van der Waals surface area contributed by atoms with Crippen LogP contribution in [0.5, 0.6) is 0 Å². The zero-order valence-electron chi connectivity index (χ0n) is 25.8. The van der Waals surface area contributed by atoms with E-state index in [9.17, 15) is 27.1 Å². The Kier molecular flexibility index (Phi) is 8.73. The van der Waals surface area contributed by atoms with Gasteiger partial charge in [-0.15, -0.1) is 5.10 Å². The highest BCUT2D eigenvalue weighted by Gasteiger charge is 2.56. The summed E-state index contributed by atoms with van der Waals surface area (Å²) >= 11 is 1.34. The number of thioether (sulfide) groups is 1. The van der Waals surface area contributed by atoms with Crippen molar-refractivity contribution in [3.63, 3.8) is 0 Å². The van der Waals surface area contributed by atoms with Gasteiger partial charge in [0.15, 0.2) is 39.6 Å². The van der Waals surface area contributed by atoms with Crippen LogP contribution in [-0.2, 0) is 29.2 Å². The predicted molar refractivity (Wildman–Crippen MR) is 162 cm³/mol. The van der Waals surface area contributed by atoms with E-state index in [1.807, 2.05) is 6.92 Å². The van der Waals surface area contributed by atoms with Crippen LogP contribution in [0.2, 0.25) is 0 Å². The van der Waals surface area contributed by atoms with Gasteiger partial charge in [0, 0.05) is 32.2 Å². The van der Waals surface area contributed by atoms with E-state index < -0.39 is 76.5 Å². The van der Waals surface area contributed by atoms with E-state index in [-0.39, 0.29) is 23.4 Å². The zero-order chi connectivity index (χ0) is 33.1. The fourth-order valence-electron chi connectivity index (χ4n) is 6.08. The molecule has 2 aromatic heterocycles. The lowest BCUT2D eigenvalue weighted by molar-refractivity contribution is -0.173. The first-order chi connectivity index (χ1) is 21.7. The van der Waals surface area contributed by atoms with Gasteiger partial charge >= 0.3 is 16.2 Å². The number of ether oxygens (including phenoxy) is 3. The SMILES string of the molecule is CCCSc1nc(N([C@@H]2C[C@H]2c2ccc(F)c(F)c2)S(=O)(=O)N(C)C)c2nnn([C@@H]3C[C@H](OCC(=O)O)[C@H]4OC(C)(C)O[C@H]43)c2n1. The van der Waals surface area contributed by atoms with Crippen LogP contribution in [0, 0.1) is 11.6 Å². The molecule has 0 bridgehead atoms. The molecule has 3 heterocycles. The molecule has 14 nitrogen and oxygen atoms in total. The molecule has 1 saturated heterocycles. The molecule has 6 atom stereocenters. The molecule has 3 fully saturated rings. The first-order valence-electron chi connectivity index (χ1n) is 14.8. The standard InChI is InChI=1S/C28H35F2N7O7S2/c1-6-9-45-27-31-25-22(33-34-36(25)19-12-20(42-13-21(38)39)24-23(19)43-28(2,3)44-24)26(32-27)37(46(40,41)35(4)5)18-11-15(18)14-7-8-16(29)17(30)10-14/h7-8,10,15,18-20,23-24H,6,9,11-13H2,1-5H3,(H,38,39)/t15-,18+,19+,20-,23-,24+/m0/s1. The summed E-state index contributed by atoms with van der Waals surface area (Å²) < 4.78 is 77.5. The van der Waals surface area contributed by atoms with Gasteiger partial charge in [-0.2, -0.15) is 12.7 Å². The molecule has 2 saturated carbocycles. The minimum absolute atomic E-state index is 0.00998. The van der Waals surface area contributed by atoms with E-state index in [1.54, 1.807) is 18.5 Å². The van der Waals surface area contributed by atoms with E-state index in [4.69, 9.17) is 19.2 Å². The molecule has 3 aliphatic rings. The Morgan fingerprint density at radius 1 is 1.17 bits per heavy atom. The largest absolute Gasteiger partial charge is 0.480 e. The number of hydrogen-bond donors (Lipinski definition) is 1. The molecule has 0 spiro atoms. The van der Waals surface area contributed by atoms with Crippen LogP contribution in [0.15, 0.2) is 23.4 Å². The van der Waals surface area contributed by atoms with Gasteiger partial charge in [-0.05, 0) is 44.4 Å². The van der Waals surface area contributed by atoms with Crippen LogP contribution in [0.1, 0.15) is 57.6 Å². The summed E-state index contributed by atoms with van der Waals surface area (Å²) in [5.41, 5.74) is 0.832. The molecule has 1 aliphatic heterocycles. The second-order valence-corrected chi connectivity index (χ2v) is 15.2. The fraction of sp³-hybridized carbons (Fsp3) is 0.607. The molecule has 6 rings (SSSR count). The number of carboxylic acid groups (broad SMARTS) is 1. The van der Waals surface area contributed by atoms with Crippen LogP contribution in [0.25, 0.3) is 11.2 Å². The van der Waals surface area contributed by atoms with Crippen molar-refractivity contribution in [1.29, 1.82) is 0 Å². The van der Waals surface area contributed by atoms with Crippen molar-refractivity contribution in [3.8, 4) is 0 Å². The van der Waals surface area contributed by atoms with Crippen molar-refractivity contribution in [2.24, 2.45) is 0 Å². The number of aliphatic carboxylic acids is 1. The van der Waals surface area contributed by atoms with Crippen LogP contribution >= 0.6 is 11.8 Å². The zero-order valence-corrected chi connectivity index (χ0v) is 27.5. The Balaban J connectivity index is 1.45. The summed E-state index contributed by atoms with van der Waals surface area (Å²) in [6.07, 6.45) is -0.404. The van der Waals surface area contributed by atoms with Gasteiger partial charge in [0.25, 0.3) is 0 Å². The third-order valence-corrected chi connectivity index (χ3v) is 11.1. The van der Waals surface area contributed by atoms with Crippen molar-refractivity contribution < 1.29 is 41.3 Å². The second kappa shape index (κ2) is 12.2. The highest BCUT2D eigenvalue weighted by Crippen LogP contribution is 2.50. The maximum absolute atomic E-state index is 14.2. The Hall–Kier alpha value is -3.03. The lowest BCUT2D eigenvalue weighted by Crippen LogP contribution is -2.43. The van der Waals surface area contributed by atoms with Crippen LogP contribution in [-0.4, -0.2) is 105 Å². The number of carboxylic acids is 1. The summed E-state index contributed by atoms with van der Waals surface area (Å²) in [5, 5.41) is 18.3. The summed E-state index contributed by atoms with van der Waals surface area (Å²) in [4.78, 5) is 20.7. The number of halogens is 2. The summed E-state index contributed by atoms with van der Waals surface area (Å²) in [6, 6.07) is 2.35. The highest BCUT2D eigenvalue weighted by atomic mass is 32.2. The van der Waals surface area contributed by atoms with Crippen LogP contribution in [0.4, 0.5) is 14.6 Å². The average molecular weight is 684 g/mol. The minimum atomic E-state index is -4.18. The Morgan fingerprint density at radius 2 is 1.91 bits per heavy atom. The van der Waals surface area contributed by atoms with Crippen molar-refractivity contribution >= 4 is 44.9 Å². The third-order valence-electron chi connectivity index (χ3n) is 8.19. The summed E-state index contributed by atoms with van der Waals surface area (Å²) in [5.74, 6) is -3.87. The number of nitrogens with zero attached hydrogens (tertiary/aromatic N) is 7. The number of benzene rings is 1. The number of fused-ring (bicyclic) bond motifs is 2. The average Bonchev–Trinajstić information content (AvgIpc) is 3.36. The van der Waals surface area contributed by atoms with Gasteiger partial charge in [-0.1, -0.05) is 30.0 Å². The summed E-state index contributed by atoms with van der Waals surface area (Å²) in [7, 11) is -1.38. The lowest BCUT2D eigenvalue weighted by Gasteiger charge is -2.27. The molecule has 250 valence electrons. The summed E-state index contributed by atoms with van der Waals surface area (Å²) in [6.45, 7) is 4.97. The second-order valence-electron chi connectivity index (χ2n) is 12.2. The predicted octanol–water partition coefficient (Wildman–Crippen LogP) is 3.11. The molecule has 0 amide bonds. The maximum atomic E-state index is 14.2. The van der Waals surface area contributed by atoms with Gasteiger partial charge in [0.05, 0.1) is 18.2 Å². The van der Waals surface area contributed by atoms with Gasteiger partial charge < -0.3 is 19.3 Å². The fourth-order valence-corrected chi connectivity index (χ4v) is 8.04. The van der Waals surface area contributed by atoms with Gasteiger partial charge in [-0.25, -0.2) is 32.5 Å². The van der Waals surface area contributed by atoms with E-state index in [2.05, 4.69) is 15.3 Å². The maximum Gasteiger partial charge on any atom is 0.329 e. The highest BCUT2D eigenvalue weighted by molar-refractivity contribution is 7.99. The van der Waals surface area contributed by atoms with Gasteiger partial charge in [-0.3, -0.25) is 0 Å². The van der Waals surface area contributed by atoms with Crippen molar-refractivity contribution in [2.75, 3.05) is 30.8 Å². The number of carbonyl (C=O) groups is 1. The Morgan fingerprint density at radius 3 is 2.59 bits per heavy atom. The molecule has 2 aliphatic carbocycles. The van der Waals surface area contributed by atoms with E-state index in [0.717, 1.165) is 22.9 Å². The number of hydrogen-bond acceptors (Lipinski definition) is 11. The van der Waals surface area contributed by atoms with E-state index >= 15 is 0 Å². The molecule has 1 aromatic carbocycles. The molecule has 3 aromatic rings. The van der Waals surface area contributed by atoms with Gasteiger partial charge in [0.2, 0.25) is 0 Å². The van der Waals surface area contributed by atoms with E-state index in [1.165, 1.54) is 36.2 Å². The van der Waals surface area contributed by atoms with Crippen molar-refractivity contribution in [3.05, 3.63) is 35.4 Å². The topological polar surface area (TPSA) is 162 Å². The van der Waals surface area contributed by atoms with Crippen molar-refractivity contribution in [2.45, 2.75) is 87.3 Å². The van der Waals surface area contributed by atoms with Crippen LogP contribution in [0.3, 0.4) is 0 Å². The van der Waals surface area contributed by atoms with Crippen LogP contribution < -0.4 is 4.31 Å². The first kappa shape index (κ1) is 32.9. The molecular formula is C28H35F2N7O7S2. The monoisotopic (exact) mass is 683 g/mol. The third kappa shape index (κ3) is 6.06. The number of aromatic nitrogens is 5. The first-order valence-corrected chi connectivity index (χ1v) is 17.2. The number of anilines is 1. The van der Waals surface area contributed by atoms with E-state index in [0.29, 0.717) is 22.9 Å². The smallest absolute Gasteiger partial charge is 0.329 e. The quantitative estimate of drug-likeness (QED) is 0.220. The normalized spacial score (nSPS) is 27.0. The molecular weight excluding hydrogens is 648 g/mol. The minimum Gasteiger partial charge on any atom is -0.480 e. The Labute approximate surface area is 268 Å². The lowest BCUT2D eigenvalue weighted by atomic mass is 10.1. The molecule has 46 heavy (non-hydrogen) atoms. The molecule has 0 unspecified atom stereocenters.